The van der Waals surface area contributed by atoms with Crippen LogP contribution in [0.2, 0.25) is 0 Å². The molecule has 3 nitrogen and oxygen atoms in total. The van der Waals surface area contributed by atoms with Gasteiger partial charge in [0.15, 0.2) is 0 Å². The van der Waals surface area contributed by atoms with E-state index in [1.165, 1.54) is 0 Å². The van der Waals surface area contributed by atoms with Crippen LogP contribution in [0, 0.1) is 17.8 Å². The van der Waals surface area contributed by atoms with E-state index in [1.807, 2.05) is 0 Å². The number of rotatable bonds is 1. The van der Waals surface area contributed by atoms with Gasteiger partial charge in [-0.1, -0.05) is 6.92 Å². The molecule has 0 aromatic heterocycles. The van der Waals surface area contributed by atoms with Gasteiger partial charge in [-0.05, 0) is 38.3 Å². The van der Waals surface area contributed by atoms with Crippen molar-refractivity contribution in [3.05, 3.63) is 0 Å². The fraction of sp³-hybridized carbons (Fsp3) is 1.00. The minimum Gasteiger partial charge on any atom is -0.391 e. The summed E-state index contributed by atoms with van der Waals surface area (Å²) in [5.74, 6) is 1.63. The normalized spacial score (nSPS) is 48.2. The lowest BCUT2D eigenvalue weighted by Gasteiger charge is -2.42. The minimum atomic E-state index is -0.187. The Morgan fingerprint density at radius 1 is 1.29 bits per heavy atom. The molecule has 0 spiro atoms. The maximum absolute atomic E-state index is 10.2. The predicted octanol–water partition coefficient (Wildman–Crippen LogP) is 0.580. The topological polar surface area (TPSA) is 32.7 Å². The lowest BCUT2D eigenvalue weighted by atomic mass is 9.70. The van der Waals surface area contributed by atoms with Gasteiger partial charge in [-0.15, -0.1) is 0 Å². The van der Waals surface area contributed by atoms with E-state index in [0.717, 1.165) is 19.6 Å². The van der Waals surface area contributed by atoms with E-state index in [9.17, 15) is 5.11 Å². The third kappa shape index (κ3) is 1.58. The summed E-state index contributed by atoms with van der Waals surface area (Å²) < 4.78 is 5.51. The Morgan fingerprint density at radius 3 is 2.64 bits per heavy atom. The molecule has 0 radical (unpaired) electrons. The quantitative estimate of drug-likeness (QED) is 0.670. The maximum atomic E-state index is 10.2. The molecular formula is C11H21NO2. The summed E-state index contributed by atoms with van der Waals surface area (Å²) in [6.07, 6.45) is 0.899. The Morgan fingerprint density at radius 2 is 2.00 bits per heavy atom. The van der Waals surface area contributed by atoms with Crippen LogP contribution in [0.15, 0.2) is 0 Å². The van der Waals surface area contributed by atoms with E-state index < -0.39 is 0 Å². The highest BCUT2D eigenvalue weighted by atomic mass is 16.5. The first kappa shape index (κ1) is 10.4. The van der Waals surface area contributed by atoms with Crippen LogP contribution in [0.3, 0.4) is 0 Å². The summed E-state index contributed by atoms with van der Waals surface area (Å²) in [5.41, 5.74) is 0. The first-order chi connectivity index (χ1) is 6.61. The van der Waals surface area contributed by atoms with Gasteiger partial charge in [0.05, 0.1) is 12.7 Å². The zero-order valence-electron chi connectivity index (χ0n) is 9.31. The molecule has 1 aliphatic carbocycles. The molecule has 3 heteroatoms. The molecule has 0 bridgehead atoms. The van der Waals surface area contributed by atoms with Crippen LogP contribution in [0.1, 0.15) is 13.3 Å². The van der Waals surface area contributed by atoms with Crippen molar-refractivity contribution in [2.75, 3.05) is 27.3 Å². The van der Waals surface area contributed by atoms with Crippen LogP contribution >= 0.6 is 0 Å². The van der Waals surface area contributed by atoms with Crippen molar-refractivity contribution in [2.45, 2.75) is 25.5 Å². The van der Waals surface area contributed by atoms with E-state index in [4.69, 9.17) is 4.74 Å². The molecule has 2 rings (SSSR count). The Kier molecular flexibility index (Phi) is 2.82. The molecule has 2 aliphatic rings. The van der Waals surface area contributed by atoms with Crippen molar-refractivity contribution in [1.82, 2.24) is 4.90 Å². The highest BCUT2D eigenvalue weighted by Crippen LogP contribution is 2.40. The zero-order valence-corrected chi connectivity index (χ0v) is 9.31. The Bertz CT molecular complexity index is 205. The molecule has 82 valence electrons. The van der Waals surface area contributed by atoms with Gasteiger partial charge >= 0.3 is 0 Å². The summed E-state index contributed by atoms with van der Waals surface area (Å²) in [4.78, 5) is 2.15. The Labute approximate surface area is 86.0 Å². The molecule has 0 aromatic rings. The lowest BCUT2D eigenvalue weighted by Crippen LogP contribution is -2.51. The minimum absolute atomic E-state index is 0.187. The summed E-state index contributed by atoms with van der Waals surface area (Å²) >= 11 is 0. The van der Waals surface area contributed by atoms with Crippen LogP contribution < -0.4 is 0 Å². The average Bonchev–Trinajstić information content (AvgIpc) is 2.58. The fourth-order valence-electron chi connectivity index (χ4n) is 3.01. The molecule has 14 heavy (non-hydrogen) atoms. The summed E-state index contributed by atoms with van der Waals surface area (Å²) in [7, 11) is 4.10. The molecule has 2 fully saturated rings. The number of fused-ring (bicyclic) bond motifs is 1. The van der Waals surface area contributed by atoms with E-state index >= 15 is 0 Å². The third-order valence-corrected chi connectivity index (χ3v) is 4.06. The fourth-order valence-corrected chi connectivity index (χ4v) is 3.01. The van der Waals surface area contributed by atoms with E-state index in [-0.39, 0.29) is 6.10 Å². The van der Waals surface area contributed by atoms with Crippen molar-refractivity contribution >= 4 is 0 Å². The van der Waals surface area contributed by atoms with Gasteiger partial charge in [0.1, 0.15) is 0 Å². The average molecular weight is 199 g/mol. The number of likely N-dealkylation sites (N-methyl/N-ethyl adjacent to an activating group) is 1. The molecular weight excluding hydrogens is 178 g/mol. The van der Waals surface area contributed by atoms with Gasteiger partial charge in [0.25, 0.3) is 0 Å². The van der Waals surface area contributed by atoms with E-state index in [1.54, 1.807) is 0 Å². The molecule has 1 saturated heterocycles. The Hall–Kier alpha value is -0.120. The Balaban J connectivity index is 2.11. The van der Waals surface area contributed by atoms with Gasteiger partial charge in [-0.2, -0.15) is 0 Å². The second-order valence-corrected chi connectivity index (χ2v) is 5.08. The van der Waals surface area contributed by atoms with Crippen LogP contribution in [0.25, 0.3) is 0 Å². The smallest absolute Gasteiger partial charge is 0.0724 e. The van der Waals surface area contributed by atoms with Gasteiger partial charge in [-0.3, -0.25) is 0 Å². The number of aliphatic hydroxyl groups excluding tert-OH is 1. The zero-order chi connectivity index (χ0) is 10.3. The second kappa shape index (κ2) is 3.80. The number of hydrogen-bond donors (Lipinski definition) is 1. The van der Waals surface area contributed by atoms with E-state index in [2.05, 4.69) is 25.9 Å². The highest BCUT2D eigenvalue weighted by Gasteiger charge is 2.44. The molecule has 0 amide bonds. The highest BCUT2D eigenvalue weighted by molar-refractivity contribution is 4.95. The molecule has 1 saturated carbocycles. The number of aliphatic hydroxyl groups is 1. The molecule has 5 atom stereocenters. The predicted molar refractivity (Wildman–Crippen MR) is 55.1 cm³/mol. The van der Waals surface area contributed by atoms with Crippen LogP contribution in [0.5, 0.6) is 0 Å². The number of ether oxygens (including phenoxy) is 1. The standard InChI is InChI=1S/C11H21NO2/c1-7-9-6-14-5-8(9)4-10(11(7)13)12(2)3/h7-11,13H,4-6H2,1-3H3/t7-,8-,9-,10-,11+/m0/s1. The van der Waals surface area contributed by atoms with Crippen LogP contribution in [0.4, 0.5) is 0 Å². The SMILES string of the molecule is C[C@@H]1[C@@H](O)[C@@H](N(C)C)C[C@H]2COC[C@H]21. The summed E-state index contributed by atoms with van der Waals surface area (Å²) in [6.45, 7) is 3.90. The first-order valence-corrected chi connectivity index (χ1v) is 5.53. The number of nitrogens with zero attached hydrogens (tertiary/aromatic N) is 1. The molecule has 0 aromatic carbocycles. The van der Waals surface area contributed by atoms with Crippen LogP contribution in [-0.4, -0.2) is 49.5 Å². The van der Waals surface area contributed by atoms with Gasteiger partial charge in [-0.25, -0.2) is 0 Å². The summed E-state index contributed by atoms with van der Waals surface area (Å²) in [5, 5.41) is 10.2. The monoisotopic (exact) mass is 199 g/mol. The van der Waals surface area contributed by atoms with Crippen molar-refractivity contribution in [2.24, 2.45) is 17.8 Å². The van der Waals surface area contributed by atoms with E-state index in [0.29, 0.717) is 23.8 Å². The van der Waals surface area contributed by atoms with Crippen molar-refractivity contribution < 1.29 is 9.84 Å². The van der Waals surface area contributed by atoms with Gasteiger partial charge in [0, 0.05) is 12.6 Å². The second-order valence-electron chi connectivity index (χ2n) is 5.08. The largest absolute Gasteiger partial charge is 0.391 e. The van der Waals surface area contributed by atoms with Crippen molar-refractivity contribution in [3.8, 4) is 0 Å². The molecule has 1 heterocycles. The lowest BCUT2D eigenvalue weighted by molar-refractivity contribution is -0.0341. The van der Waals surface area contributed by atoms with Gasteiger partial charge in [0.2, 0.25) is 0 Å². The van der Waals surface area contributed by atoms with Crippen molar-refractivity contribution in [3.63, 3.8) is 0 Å². The number of hydrogen-bond acceptors (Lipinski definition) is 3. The molecule has 0 unspecified atom stereocenters. The summed E-state index contributed by atoms with van der Waals surface area (Å²) in [6, 6.07) is 0.313. The first-order valence-electron chi connectivity index (χ1n) is 5.53. The third-order valence-electron chi connectivity index (χ3n) is 4.06. The van der Waals surface area contributed by atoms with Crippen LogP contribution in [-0.2, 0) is 4.74 Å². The van der Waals surface area contributed by atoms with Crippen molar-refractivity contribution in [1.29, 1.82) is 0 Å². The van der Waals surface area contributed by atoms with Gasteiger partial charge < -0.3 is 14.7 Å². The molecule has 1 aliphatic heterocycles. The maximum Gasteiger partial charge on any atom is 0.0724 e. The molecule has 1 N–H and O–H groups in total.